The topological polar surface area (TPSA) is 134 Å². The van der Waals surface area contributed by atoms with E-state index in [1.54, 1.807) is 36.9 Å². The van der Waals surface area contributed by atoms with E-state index in [-0.39, 0.29) is 11.8 Å². The number of amides is 1. The second-order valence-electron chi connectivity index (χ2n) is 10.1. The van der Waals surface area contributed by atoms with Crippen molar-refractivity contribution in [3.63, 3.8) is 0 Å². The van der Waals surface area contributed by atoms with E-state index in [9.17, 15) is 9.18 Å². The maximum atomic E-state index is 14.3. The third kappa shape index (κ3) is 4.65. The molecule has 204 valence electrons. The quantitative estimate of drug-likeness (QED) is 0.236. The number of anilines is 1. The van der Waals surface area contributed by atoms with Crippen LogP contribution in [0.4, 0.5) is 10.1 Å². The number of ether oxygens (including phenoxy) is 1. The Bertz CT molecular complexity index is 1930. The molecule has 1 saturated carbocycles. The highest BCUT2D eigenvalue weighted by molar-refractivity contribution is 5.97. The summed E-state index contributed by atoms with van der Waals surface area (Å²) in [6.07, 6.45) is 10.7. The fourth-order valence-electron chi connectivity index (χ4n) is 5.43. The maximum absolute atomic E-state index is 14.3. The summed E-state index contributed by atoms with van der Waals surface area (Å²) in [5.41, 5.74) is 5.84. The van der Waals surface area contributed by atoms with Gasteiger partial charge in [-0.05, 0) is 48.7 Å². The highest BCUT2D eigenvalue weighted by atomic mass is 19.1. The molecule has 10 nitrogen and oxygen atoms in total. The molecule has 6 aromatic rings. The number of nitrogens with one attached hydrogen (secondary N) is 3. The van der Waals surface area contributed by atoms with Gasteiger partial charge < -0.3 is 15.0 Å². The van der Waals surface area contributed by atoms with Gasteiger partial charge in [-0.2, -0.15) is 5.10 Å². The monoisotopic (exact) mass is 548 g/mol. The van der Waals surface area contributed by atoms with Gasteiger partial charge in [-0.25, -0.2) is 14.4 Å². The van der Waals surface area contributed by atoms with Crippen LogP contribution in [-0.2, 0) is 4.79 Å². The number of aromatic amines is 2. The standard InChI is InChI=1S/C30H25FN8O2/c1-41-21-10-17(8-19(31)11-21)22-6-7-33-28-26(22)36-29(37-28)27-23-12-24(34-15-25(23)38-39-27)18-9-20(14-32-13-18)35-30(40)16-4-2-3-5-16/h6-16H,2-5H2,1H3,(H,35,40)(H,38,39)(H,33,36,37). The Labute approximate surface area is 233 Å². The van der Waals surface area contributed by atoms with E-state index in [0.29, 0.717) is 50.9 Å². The van der Waals surface area contributed by atoms with Crippen LogP contribution in [0.1, 0.15) is 25.7 Å². The third-order valence-electron chi connectivity index (χ3n) is 7.50. The Morgan fingerprint density at radius 3 is 2.78 bits per heavy atom. The highest BCUT2D eigenvalue weighted by Gasteiger charge is 2.23. The molecule has 0 aliphatic heterocycles. The number of H-pyrrole nitrogens is 2. The summed E-state index contributed by atoms with van der Waals surface area (Å²) >= 11 is 0. The fourth-order valence-corrected chi connectivity index (χ4v) is 5.43. The van der Waals surface area contributed by atoms with Gasteiger partial charge >= 0.3 is 0 Å². The van der Waals surface area contributed by atoms with Gasteiger partial charge in [-0.15, -0.1) is 0 Å². The van der Waals surface area contributed by atoms with Crippen molar-refractivity contribution in [3.8, 4) is 39.7 Å². The fraction of sp³-hybridized carbons (Fsp3) is 0.200. The summed E-state index contributed by atoms with van der Waals surface area (Å²) < 4.78 is 19.5. The predicted molar refractivity (Wildman–Crippen MR) is 153 cm³/mol. The minimum Gasteiger partial charge on any atom is -0.497 e. The molecule has 1 fully saturated rings. The Morgan fingerprint density at radius 2 is 1.93 bits per heavy atom. The van der Waals surface area contributed by atoms with Gasteiger partial charge in [0.1, 0.15) is 22.8 Å². The van der Waals surface area contributed by atoms with E-state index in [2.05, 4.69) is 35.5 Å². The Morgan fingerprint density at radius 1 is 1.05 bits per heavy atom. The minimum atomic E-state index is -0.407. The summed E-state index contributed by atoms with van der Waals surface area (Å²) in [5, 5.41) is 11.3. The number of rotatable bonds is 6. The number of pyridine rings is 3. The first-order valence-corrected chi connectivity index (χ1v) is 13.4. The average molecular weight is 549 g/mol. The molecule has 0 unspecified atom stereocenters. The number of imidazole rings is 1. The summed E-state index contributed by atoms with van der Waals surface area (Å²) in [4.78, 5) is 34.1. The summed E-state index contributed by atoms with van der Waals surface area (Å²) in [7, 11) is 1.50. The van der Waals surface area contributed by atoms with E-state index in [1.807, 2.05) is 12.1 Å². The normalized spacial score (nSPS) is 13.7. The molecule has 1 aliphatic carbocycles. The van der Waals surface area contributed by atoms with Crippen LogP contribution in [-0.4, -0.2) is 48.1 Å². The summed E-state index contributed by atoms with van der Waals surface area (Å²) in [6, 6.07) is 10.1. The molecule has 41 heavy (non-hydrogen) atoms. The van der Waals surface area contributed by atoms with Crippen LogP contribution in [0, 0.1) is 11.7 Å². The number of aromatic nitrogens is 7. The molecular weight excluding hydrogens is 523 g/mol. The molecule has 7 rings (SSSR count). The zero-order valence-corrected chi connectivity index (χ0v) is 22.1. The van der Waals surface area contributed by atoms with Crippen LogP contribution in [0.5, 0.6) is 5.75 Å². The first-order valence-electron chi connectivity index (χ1n) is 13.4. The molecule has 1 aromatic carbocycles. The van der Waals surface area contributed by atoms with Crippen molar-refractivity contribution in [2.75, 3.05) is 12.4 Å². The second-order valence-corrected chi connectivity index (χ2v) is 10.1. The molecule has 5 heterocycles. The first-order chi connectivity index (χ1) is 20.1. The number of halogens is 1. The number of methoxy groups -OCH3 is 1. The molecule has 1 amide bonds. The summed E-state index contributed by atoms with van der Waals surface area (Å²) in [5.74, 6) is 0.605. The zero-order valence-electron chi connectivity index (χ0n) is 22.1. The number of benzene rings is 1. The number of hydrogen-bond donors (Lipinski definition) is 3. The molecule has 0 bridgehead atoms. The molecule has 1 aliphatic rings. The Balaban J connectivity index is 1.25. The van der Waals surface area contributed by atoms with Gasteiger partial charge in [0.2, 0.25) is 5.91 Å². The smallest absolute Gasteiger partial charge is 0.227 e. The van der Waals surface area contributed by atoms with Crippen molar-refractivity contribution >= 4 is 33.7 Å². The predicted octanol–water partition coefficient (Wildman–Crippen LogP) is 5.90. The molecule has 0 saturated heterocycles. The lowest BCUT2D eigenvalue weighted by atomic mass is 10.1. The number of nitrogens with zero attached hydrogens (tertiary/aromatic N) is 5. The van der Waals surface area contributed by atoms with Crippen molar-refractivity contribution in [2.24, 2.45) is 5.92 Å². The number of carbonyl (C=O) groups excluding carboxylic acids is 1. The molecule has 0 radical (unpaired) electrons. The van der Waals surface area contributed by atoms with E-state index in [1.165, 1.54) is 19.2 Å². The molecule has 3 N–H and O–H groups in total. The van der Waals surface area contributed by atoms with Gasteiger partial charge in [-0.1, -0.05) is 12.8 Å². The molecule has 0 spiro atoms. The number of carbonyl (C=O) groups is 1. The second kappa shape index (κ2) is 10.1. The third-order valence-corrected chi connectivity index (χ3v) is 7.50. The molecule has 5 aromatic heterocycles. The van der Waals surface area contributed by atoms with Crippen LogP contribution >= 0.6 is 0 Å². The van der Waals surface area contributed by atoms with Crippen molar-refractivity contribution in [3.05, 3.63) is 67.0 Å². The molecule has 11 heteroatoms. The van der Waals surface area contributed by atoms with Crippen LogP contribution in [0.15, 0.2) is 61.2 Å². The first kappa shape index (κ1) is 24.8. The van der Waals surface area contributed by atoms with E-state index in [4.69, 9.17) is 9.72 Å². The van der Waals surface area contributed by atoms with E-state index in [0.717, 1.165) is 42.1 Å². The lowest BCUT2D eigenvalue weighted by Gasteiger charge is -2.11. The maximum Gasteiger partial charge on any atom is 0.227 e. The molecule has 0 atom stereocenters. The van der Waals surface area contributed by atoms with Gasteiger partial charge in [0.05, 0.1) is 36.4 Å². The van der Waals surface area contributed by atoms with Crippen LogP contribution in [0.3, 0.4) is 0 Å². The van der Waals surface area contributed by atoms with Gasteiger partial charge in [0.25, 0.3) is 0 Å². The lowest BCUT2D eigenvalue weighted by Crippen LogP contribution is -2.20. The van der Waals surface area contributed by atoms with Gasteiger partial charge in [0, 0.05) is 40.9 Å². The molecular formula is C30H25FN8O2. The SMILES string of the molecule is COc1cc(F)cc(-c2ccnc3[nH]c(-c4n[nH]c5cnc(-c6cncc(NC(=O)C7CCCC7)c6)cc45)nc23)c1. The average Bonchev–Trinajstić information content (AvgIpc) is 3.76. The summed E-state index contributed by atoms with van der Waals surface area (Å²) in [6.45, 7) is 0. The van der Waals surface area contributed by atoms with Crippen LogP contribution in [0.2, 0.25) is 0 Å². The lowest BCUT2D eigenvalue weighted by molar-refractivity contribution is -0.119. The van der Waals surface area contributed by atoms with Crippen molar-refractivity contribution in [1.29, 1.82) is 0 Å². The highest BCUT2D eigenvalue weighted by Crippen LogP contribution is 2.34. The zero-order chi connectivity index (χ0) is 27.9. The van der Waals surface area contributed by atoms with Crippen molar-refractivity contribution < 1.29 is 13.9 Å². The largest absolute Gasteiger partial charge is 0.497 e. The van der Waals surface area contributed by atoms with E-state index < -0.39 is 5.82 Å². The number of fused-ring (bicyclic) bond motifs is 2. The van der Waals surface area contributed by atoms with Crippen molar-refractivity contribution in [2.45, 2.75) is 25.7 Å². The van der Waals surface area contributed by atoms with Gasteiger partial charge in [-0.3, -0.25) is 19.9 Å². The van der Waals surface area contributed by atoms with Crippen LogP contribution in [0.25, 0.3) is 56.0 Å². The Hall–Kier alpha value is -5.19. The van der Waals surface area contributed by atoms with E-state index >= 15 is 0 Å². The Kier molecular flexibility index (Phi) is 6.11. The van der Waals surface area contributed by atoms with Crippen molar-refractivity contribution in [1.82, 2.24) is 35.1 Å². The number of hydrogen-bond acceptors (Lipinski definition) is 7. The van der Waals surface area contributed by atoms with Crippen LogP contribution < -0.4 is 10.1 Å². The van der Waals surface area contributed by atoms with Gasteiger partial charge in [0.15, 0.2) is 11.5 Å². The minimum absolute atomic E-state index is 0.0385.